The van der Waals surface area contributed by atoms with Gasteiger partial charge in [0.1, 0.15) is 12.6 Å². The molecule has 0 aromatic carbocycles. The summed E-state index contributed by atoms with van der Waals surface area (Å²) in [5.74, 6) is 1.53. The SMILES string of the molecule is O=C(O)[C@@H]1C[C@H]2C[C@H](COCc3nnn[nH]3)CC[C@H]2CN1. The Hall–Kier alpha value is -1.54. The van der Waals surface area contributed by atoms with Crippen molar-refractivity contribution < 1.29 is 14.6 Å². The molecule has 3 N–H and O–H groups in total. The lowest BCUT2D eigenvalue weighted by Gasteiger charge is -2.41. The number of hydrogen-bond acceptors (Lipinski definition) is 6. The largest absolute Gasteiger partial charge is 0.480 e. The summed E-state index contributed by atoms with van der Waals surface area (Å²) < 4.78 is 5.67. The van der Waals surface area contributed by atoms with Gasteiger partial charge in [-0.3, -0.25) is 4.79 Å². The van der Waals surface area contributed by atoms with Crippen LogP contribution in [-0.4, -0.2) is 50.9 Å². The van der Waals surface area contributed by atoms with E-state index >= 15 is 0 Å². The number of H-pyrrole nitrogens is 1. The monoisotopic (exact) mass is 295 g/mol. The fraction of sp³-hybridized carbons (Fsp3) is 0.846. The minimum atomic E-state index is -0.732. The number of carbonyl (C=O) groups is 1. The van der Waals surface area contributed by atoms with Gasteiger partial charge in [0.15, 0.2) is 5.82 Å². The summed E-state index contributed by atoms with van der Waals surface area (Å²) in [4.78, 5) is 11.1. The fourth-order valence-corrected chi connectivity index (χ4v) is 3.56. The molecule has 1 saturated carbocycles. The average Bonchev–Trinajstić information content (AvgIpc) is 2.99. The number of rotatable bonds is 5. The molecule has 0 bridgehead atoms. The minimum Gasteiger partial charge on any atom is -0.480 e. The van der Waals surface area contributed by atoms with E-state index in [4.69, 9.17) is 9.84 Å². The third-order valence-electron chi connectivity index (χ3n) is 4.69. The van der Waals surface area contributed by atoms with Gasteiger partial charge in [-0.1, -0.05) is 0 Å². The van der Waals surface area contributed by atoms with Crippen molar-refractivity contribution in [3.05, 3.63) is 5.82 Å². The van der Waals surface area contributed by atoms with Crippen molar-refractivity contribution in [3.8, 4) is 0 Å². The van der Waals surface area contributed by atoms with Crippen LogP contribution in [0.4, 0.5) is 0 Å². The van der Waals surface area contributed by atoms with Crippen LogP contribution in [0.2, 0.25) is 0 Å². The Morgan fingerprint density at radius 1 is 1.33 bits per heavy atom. The number of carboxylic acids is 1. The van der Waals surface area contributed by atoms with Crippen LogP contribution in [0.1, 0.15) is 31.5 Å². The zero-order chi connectivity index (χ0) is 14.7. The van der Waals surface area contributed by atoms with Crippen LogP contribution in [0, 0.1) is 17.8 Å². The molecular weight excluding hydrogens is 274 g/mol. The molecule has 8 heteroatoms. The summed E-state index contributed by atoms with van der Waals surface area (Å²) in [6.07, 6.45) is 4.10. The molecule has 0 radical (unpaired) electrons. The summed E-state index contributed by atoms with van der Waals surface area (Å²) in [5.41, 5.74) is 0. The summed E-state index contributed by atoms with van der Waals surface area (Å²) in [6, 6.07) is -0.383. The van der Waals surface area contributed by atoms with Gasteiger partial charge in [0.05, 0.1) is 6.61 Å². The van der Waals surface area contributed by atoms with Gasteiger partial charge in [0, 0.05) is 0 Å². The van der Waals surface area contributed by atoms with Gasteiger partial charge in [-0.25, -0.2) is 5.10 Å². The van der Waals surface area contributed by atoms with E-state index < -0.39 is 5.97 Å². The second kappa shape index (κ2) is 6.48. The lowest BCUT2D eigenvalue weighted by Crippen LogP contribution is -2.49. The van der Waals surface area contributed by atoms with E-state index in [1.54, 1.807) is 0 Å². The third kappa shape index (κ3) is 3.56. The van der Waals surface area contributed by atoms with Gasteiger partial charge in [0.2, 0.25) is 0 Å². The number of piperidine rings is 1. The van der Waals surface area contributed by atoms with Gasteiger partial charge in [0.25, 0.3) is 0 Å². The number of aromatic nitrogens is 4. The van der Waals surface area contributed by atoms with Gasteiger partial charge < -0.3 is 15.2 Å². The lowest BCUT2D eigenvalue weighted by atomic mass is 9.70. The Bertz CT molecular complexity index is 466. The molecule has 3 rings (SSSR count). The van der Waals surface area contributed by atoms with E-state index in [9.17, 15) is 4.79 Å². The van der Waals surface area contributed by atoms with Crippen molar-refractivity contribution >= 4 is 5.97 Å². The van der Waals surface area contributed by atoms with Crippen molar-refractivity contribution in [3.63, 3.8) is 0 Å². The standard InChI is InChI=1S/C13H21N5O3/c19-13(20)11-4-10-3-8(1-2-9(10)5-14-11)6-21-7-12-15-17-18-16-12/h8-11,14H,1-7H2,(H,19,20)(H,15,16,17,18)/t8-,9+,10-,11+/m1/s1. The molecule has 0 spiro atoms. The van der Waals surface area contributed by atoms with Crippen LogP contribution in [0.5, 0.6) is 0 Å². The van der Waals surface area contributed by atoms with E-state index in [0.717, 1.165) is 32.2 Å². The molecule has 1 saturated heterocycles. The summed E-state index contributed by atoms with van der Waals surface area (Å²) in [6.45, 7) is 1.92. The zero-order valence-electron chi connectivity index (χ0n) is 11.9. The number of fused-ring (bicyclic) bond motifs is 1. The molecule has 2 fully saturated rings. The predicted molar refractivity (Wildman–Crippen MR) is 72.2 cm³/mol. The van der Waals surface area contributed by atoms with E-state index in [-0.39, 0.29) is 6.04 Å². The second-order valence-electron chi connectivity index (χ2n) is 6.10. The van der Waals surface area contributed by atoms with E-state index in [1.165, 1.54) is 0 Å². The number of carboxylic acid groups (broad SMARTS) is 1. The van der Waals surface area contributed by atoms with Gasteiger partial charge in [-0.15, -0.1) is 5.10 Å². The highest BCUT2D eigenvalue weighted by molar-refractivity contribution is 5.73. The number of tetrazole rings is 1. The highest BCUT2D eigenvalue weighted by Crippen LogP contribution is 2.38. The quantitative estimate of drug-likeness (QED) is 0.711. The molecule has 0 amide bonds. The normalized spacial score (nSPS) is 32.6. The Morgan fingerprint density at radius 2 is 2.24 bits per heavy atom. The first kappa shape index (κ1) is 14.4. The maximum absolute atomic E-state index is 11.1. The lowest BCUT2D eigenvalue weighted by molar-refractivity contribution is -0.141. The van der Waals surface area contributed by atoms with Gasteiger partial charge in [-0.2, -0.15) is 0 Å². The molecular formula is C13H21N5O3. The zero-order valence-corrected chi connectivity index (χ0v) is 11.9. The highest BCUT2D eigenvalue weighted by Gasteiger charge is 2.37. The second-order valence-corrected chi connectivity index (χ2v) is 6.10. The van der Waals surface area contributed by atoms with E-state index in [2.05, 4.69) is 25.9 Å². The number of ether oxygens (including phenoxy) is 1. The number of aromatic amines is 1. The molecule has 1 aliphatic heterocycles. The molecule has 1 aliphatic carbocycles. The summed E-state index contributed by atoms with van der Waals surface area (Å²) in [7, 11) is 0. The Kier molecular flexibility index (Phi) is 4.45. The van der Waals surface area contributed by atoms with Crippen LogP contribution in [0.3, 0.4) is 0 Å². The van der Waals surface area contributed by atoms with Crippen molar-refractivity contribution in [1.82, 2.24) is 25.9 Å². The summed E-state index contributed by atoms with van der Waals surface area (Å²) >= 11 is 0. The van der Waals surface area contributed by atoms with Crippen molar-refractivity contribution in [1.29, 1.82) is 0 Å². The number of nitrogens with zero attached hydrogens (tertiary/aromatic N) is 3. The first-order valence-electron chi connectivity index (χ1n) is 7.49. The van der Waals surface area contributed by atoms with Crippen LogP contribution in [-0.2, 0) is 16.1 Å². The smallest absolute Gasteiger partial charge is 0.320 e. The molecule has 116 valence electrons. The van der Waals surface area contributed by atoms with Gasteiger partial charge >= 0.3 is 5.97 Å². The number of nitrogens with one attached hydrogen (secondary N) is 2. The van der Waals surface area contributed by atoms with E-state index in [1.807, 2.05) is 0 Å². The van der Waals surface area contributed by atoms with Gasteiger partial charge in [-0.05, 0) is 60.4 Å². The molecule has 2 aliphatic rings. The fourth-order valence-electron chi connectivity index (χ4n) is 3.56. The van der Waals surface area contributed by atoms with Crippen molar-refractivity contribution in [2.45, 2.75) is 38.3 Å². The molecule has 0 unspecified atom stereocenters. The molecule has 1 aromatic rings. The molecule has 21 heavy (non-hydrogen) atoms. The predicted octanol–water partition coefficient (Wildman–Crippen LogP) is 0.195. The molecule has 2 heterocycles. The van der Waals surface area contributed by atoms with E-state index in [0.29, 0.717) is 36.8 Å². The number of hydrogen-bond donors (Lipinski definition) is 3. The van der Waals surface area contributed by atoms with Crippen molar-refractivity contribution in [2.75, 3.05) is 13.2 Å². The minimum absolute atomic E-state index is 0.383. The molecule has 4 atom stereocenters. The van der Waals surface area contributed by atoms with Crippen LogP contribution < -0.4 is 5.32 Å². The van der Waals surface area contributed by atoms with Crippen LogP contribution in [0.25, 0.3) is 0 Å². The Labute approximate surface area is 122 Å². The molecule has 8 nitrogen and oxygen atoms in total. The third-order valence-corrected chi connectivity index (χ3v) is 4.69. The summed E-state index contributed by atoms with van der Waals surface area (Å²) in [5, 5.41) is 25.7. The Balaban J connectivity index is 1.45. The van der Waals surface area contributed by atoms with Crippen LogP contribution in [0.15, 0.2) is 0 Å². The maximum Gasteiger partial charge on any atom is 0.320 e. The first-order valence-corrected chi connectivity index (χ1v) is 7.49. The van der Waals surface area contributed by atoms with Crippen molar-refractivity contribution in [2.24, 2.45) is 17.8 Å². The molecule has 1 aromatic heterocycles. The Morgan fingerprint density at radius 3 is 3.00 bits per heavy atom. The topological polar surface area (TPSA) is 113 Å². The average molecular weight is 295 g/mol. The first-order chi connectivity index (χ1) is 10.2. The van der Waals surface area contributed by atoms with Crippen LogP contribution >= 0.6 is 0 Å². The number of aliphatic carboxylic acids is 1. The highest BCUT2D eigenvalue weighted by atomic mass is 16.5. The maximum atomic E-state index is 11.1.